The summed E-state index contributed by atoms with van der Waals surface area (Å²) >= 11 is 0. The highest BCUT2D eigenvalue weighted by molar-refractivity contribution is 5.94. The van der Waals surface area contributed by atoms with Crippen LogP contribution in [0.15, 0.2) is 24.3 Å². The second kappa shape index (κ2) is 2.57. The number of benzene rings is 1. The maximum atomic E-state index is 11.1. The molecule has 0 saturated heterocycles. The van der Waals surface area contributed by atoms with E-state index >= 15 is 0 Å². The SMILES string of the molecule is NC(=O)c1ccccc1C1(N)CC1. The Labute approximate surface area is 76.7 Å². The van der Waals surface area contributed by atoms with Crippen molar-refractivity contribution in [1.29, 1.82) is 0 Å². The molecule has 1 aromatic rings. The molecule has 1 fully saturated rings. The molecule has 1 saturated carbocycles. The fraction of sp³-hybridized carbons (Fsp3) is 0.300. The maximum Gasteiger partial charge on any atom is 0.249 e. The molecule has 1 amide bonds. The first-order valence-corrected chi connectivity index (χ1v) is 4.32. The Kier molecular flexibility index (Phi) is 1.63. The summed E-state index contributed by atoms with van der Waals surface area (Å²) in [7, 11) is 0. The third kappa shape index (κ3) is 1.31. The van der Waals surface area contributed by atoms with Crippen LogP contribution in [-0.4, -0.2) is 5.91 Å². The summed E-state index contributed by atoms with van der Waals surface area (Å²) in [5.41, 5.74) is 12.4. The van der Waals surface area contributed by atoms with Crippen molar-refractivity contribution in [3.05, 3.63) is 35.4 Å². The van der Waals surface area contributed by atoms with Crippen LogP contribution in [0.5, 0.6) is 0 Å². The van der Waals surface area contributed by atoms with Crippen molar-refractivity contribution in [3.63, 3.8) is 0 Å². The van der Waals surface area contributed by atoms with Gasteiger partial charge in [0.2, 0.25) is 5.91 Å². The van der Waals surface area contributed by atoms with Gasteiger partial charge in [0, 0.05) is 11.1 Å². The van der Waals surface area contributed by atoms with E-state index in [0.717, 1.165) is 18.4 Å². The Morgan fingerprint density at radius 1 is 1.31 bits per heavy atom. The van der Waals surface area contributed by atoms with Gasteiger partial charge in [-0.1, -0.05) is 18.2 Å². The summed E-state index contributed by atoms with van der Waals surface area (Å²) in [6.07, 6.45) is 1.88. The first-order chi connectivity index (χ1) is 6.13. The molecule has 2 rings (SSSR count). The number of hydrogen-bond acceptors (Lipinski definition) is 2. The minimum atomic E-state index is -0.396. The Hall–Kier alpha value is -1.35. The Bertz CT molecular complexity index is 356. The molecule has 68 valence electrons. The third-order valence-corrected chi connectivity index (χ3v) is 2.52. The van der Waals surface area contributed by atoms with Crippen LogP contribution in [0.3, 0.4) is 0 Å². The molecule has 0 spiro atoms. The van der Waals surface area contributed by atoms with Crippen molar-refractivity contribution >= 4 is 5.91 Å². The van der Waals surface area contributed by atoms with Crippen LogP contribution >= 0.6 is 0 Å². The van der Waals surface area contributed by atoms with Gasteiger partial charge in [-0.2, -0.15) is 0 Å². The van der Waals surface area contributed by atoms with Gasteiger partial charge in [0.05, 0.1) is 0 Å². The van der Waals surface area contributed by atoms with Gasteiger partial charge in [0.25, 0.3) is 0 Å². The summed E-state index contributed by atoms with van der Waals surface area (Å²) in [5, 5.41) is 0. The van der Waals surface area contributed by atoms with E-state index in [1.807, 2.05) is 12.1 Å². The molecule has 3 nitrogen and oxygen atoms in total. The van der Waals surface area contributed by atoms with Gasteiger partial charge in [-0.15, -0.1) is 0 Å². The number of primary amides is 1. The summed E-state index contributed by atoms with van der Waals surface area (Å²) in [4.78, 5) is 11.1. The second-order valence-electron chi connectivity index (χ2n) is 3.57. The molecule has 13 heavy (non-hydrogen) atoms. The number of carbonyl (C=O) groups excluding carboxylic acids is 1. The fourth-order valence-electron chi connectivity index (χ4n) is 1.54. The van der Waals surface area contributed by atoms with Crippen LogP contribution in [0.4, 0.5) is 0 Å². The van der Waals surface area contributed by atoms with Crippen LogP contribution in [0.25, 0.3) is 0 Å². The van der Waals surface area contributed by atoms with Gasteiger partial charge in [-0.05, 0) is 24.5 Å². The molecule has 0 radical (unpaired) electrons. The highest BCUT2D eigenvalue weighted by Gasteiger charge is 2.41. The van der Waals surface area contributed by atoms with E-state index in [1.54, 1.807) is 12.1 Å². The van der Waals surface area contributed by atoms with Crippen molar-refractivity contribution in [1.82, 2.24) is 0 Å². The van der Waals surface area contributed by atoms with E-state index in [9.17, 15) is 4.79 Å². The van der Waals surface area contributed by atoms with Crippen LogP contribution in [0.2, 0.25) is 0 Å². The molecule has 3 heteroatoms. The van der Waals surface area contributed by atoms with E-state index in [2.05, 4.69) is 0 Å². The van der Waals surface area contributed by atoms with Gasteiger partial charge in [0.1, 0.15) is 0 Å². The predicted octanol–water partition coefficient (Wildman–Crippen LogP) is 0.733. The first-order valence-electron chi connectivity index (χ1n) is 4.32. The largest absolute Gasteiger partial charge is 0.366 e. The van der Waals surface area contributed by atoms with E-state index in [-0.39, 0.29) is 5.54 Å². The zero-order chi connectivity index (χ0) is 9.47. The maximum absolute atomic E-state index is 11.1. The standard InChI is InChI=1S/C10H12N2O/c11-9(13)7-3-1-2-4-8(7)10(12)5-6-10/h1-4H,5-6,12H2,(H2,11,13). The minimum absolute atomic E-state index is 0.286. The average molecular weight is 176 g/mol. The van der Waals surface area contributed by atoms with Crippen LogP contribution in [0.1, 0.15) is 28.8 Å². The zero-order valence-electron chi connectivity index (χ0n) is 7.29. The molecule has 0 atom stereocenters. The fourth-order valence-corrected chi connectivity index (χ4v) is 1.54. The molecule has 1 aliphatic rings. The smallest absolute Gasteiger partial charge is 0.249 e. The number of hydrogen-bond donors (Lipinski definition) is 2. The normalized spacial score (nSPS) is 18.2. The Morgan fingerprint density at radius 3 is 2.46 bits per heavy atom. The Balaban J connectivity index is 2.50. The zero-order valence-corrected chi connectivity index (χ0v) is 7.29. The molecule has 1 aliphatic carbocycles. The summed E-state index contributed by atoms with van der Waals surface area (Å²) in [6, 6.07) is 7.29. The lowest BCUT2D eigenvalue weighted by atomic mass is 9.99. The highest BCUT2D eigenvalue weighted by Crippen LogP contribution is 2.43. The van der Waals surface area contributed by atoms with Crippen LogP contribution in [-0.2, 0) is 5.54 Å². The van der Waals surface area contributed by atoms with E-state index in [4.69, 9.17) is 11.5 Å². The lowest BCUT2D eigenvalue weighted by Crippen LogP contribution is -2.24. The van der Waals surface area contributed by atoms with Gasteiger partial charge >= 0.3 is 0 Å². The molecule has 0 unspecified atom stereocenters. The van der Waals surface area contributed by atoms with Crippen LogP contribution in [0, 0.1) is 0 Å². The first kappa shape index (κ1) is 8.26. The van der Waals surface area contributed by atoms with Crippen LogP contribution < -0.4 is 11.5 Å². The van der Waals surface area contributed by atoms with Crippen molar-refractivity contribution in [2.24, 2.45) is 11.5 Å². The van der Waals surface area contributed by atoms with Gasteiger partial charge in [-0.25, -0.2) is 0 Å². The monoisotopic (exact) mass is 176 g/mol. The van der Waals surface area contributed by atoms with E-state index < -0.39 is 5.91 Å². The third-order valence-electron chi connectivity index (χ3n) is 2.52. The number of carbonyl (C=O) groups is 1. The molecule has 0 bridgehead atoms. The molecular weight excluding hydrogens is 164 g/mol. The van der Waals surface area contributed by atoms with Crippen molar-refractivity contribution in [2.45, 2.75) is 18.4 Å². The summed E-state index contributed by atoms with van der Waals surface area (Å²) in [6.45, 7) is 0. The number of nitrogens with two attached hydrogens (primary N) is 2. The quantitative estimate of drug-likeness (QED) is 0.697. The highest BCUT2D eigenvalue weighted by atomic mass is 16.1. The molecule has 0 heterocycles. The molecule has 0 aromatic heterocycles. The lowest BCUT2D eigenvalue weighted by Gasteiger charge is -2.12. The average Bonchev–Trinajstić information content (AvgIpc) is 2.85. The minimum Gasteiger partial charge on any atom is -0.366 e. The molecular formula is C10H12N2O. The lowest BCUT2D eigenvalue weighted by molar-refractivity contribution is 0.0998. The van der Waals surface area contributed by atoms with Gasteiger partial charge in [-0.3, -0.25) is 4.79 Å². The Morgan fingerprint density at radius 2 is 1.92 bits per heavy atom. The predicted molar refractivity (Wildman–Crippen MR) is 50.1 cm³/mol. The van der Waals surface area contributed by atoms with E-state index in [1.165, 1.54) is 0 Å². The summed E-state index contributed by atoms with van der Waals surface area (Å²) < 4.78 is 0. The van der Waals surface area contributed by atoms with E-state index in [0.29, 0.717) is 5.56 Å². The van der Waals surface area contributed by atoms with Crippen molar-refractivity contribution in [2.75, 3.05) is 0 Å². The second-order valence-corrected chi connectivity index (χ2v) is 3.57. The number of amides is 1. The topological polar surface area (TPSA) is 69.1 Å². The summed E-state index contributed by atoms with van der Waals surface area (Å²) in [5.74, 6) is -0.396. The van der Waals surface area contributed by atoms with Gasteiger partial charge in [0.15, 0.2) is 0 Å². The van der Waals surface area contributed by atoms with Gasteiger partial charge < -0.3 is 11.5 Å². The van der Waals surface area contributed by atoms with Crippen molar-refractivity contribution < 1.29 is 4.79 Å². The number of rotatable bonds is 2. The molecule has 1 aromatic carbocycles. The molecule has 4 N–H and O–H groups in total. The molecule has 0 aliphatic heterocycles. The van der Waals surface area contributed by atoms with Crippen molar-refractivity contribution in [3.8, 4) is 0 Å².